The van der Waals surface area contributed by atoms with E-state index in [1.54, 1.807) is 0 Å². The molecule has 0 aliphatic rings. The van der Waals surface area contributed by atoms with Gasteiger partial charge in [-0.2, -0.15) is 0 Å². The molecule has 0 aliphatic heterocycles. The van der Waals surface area contributed by atoms with Crippen LogP contribution in [0.5, 0.6) is 0 Å². The molecule has 8 heteroatoms. The fourth-order valence-electron chi connectivity index (χ4n) is 8.27. The van der Waals surface area contributed by atoms with Gasteiger partial charge in [-0.3, -0.25) is 0 Å². The predicted molar refractivity (Wildman–Crippen MR) is 284 cm³/mol. The van der Waals surface area contributed by atoms with Crippen molar-refractivity contribution in [2.75, 3.05) is 5.88 Å². The van der Waals surface area contributed by atoms with Gasteiger partial charge in [0.15, 0.2) is 0 Å². The van der Waals surface area contributed by atoms with Crippen LogP contribution in [0.3, 0.4) is 0 Å². The van der Waals surface area contributed by atoms with Crippen molar-refractivity contribution >= 4 is 29.5 Å². The van der Waals surface area contributed by atoms with Gasteiger partial charge in [0.2, 0.25) is 0 Å². The average Bonchev–Trinajstić information content (AvgIpc) is 3.30. The maximum Gasteiger partial charge on any atom is 3.00 e. The van der Waals surface area contributed by atoms with Gasteiger partial charge in [-0.15, -0.1) is 11.6 Å². The Balaban J connectivity index is -0.000000268. The van der Waals surface area contributed by atoms with E-state index < -0.39 is 17.9 Å². The van der Waals surface area contributed by atoms with Gasteiger partial charge >= 0.3 is 17.4 Å². The van der Waals surface area contributed by atoms with E-state index in [4.69, 9.17) is 11.6 Å². The number of hydrogen-bond donors (Lipinski definition) is 0. The molecule has 0 aromatic carbocycles. The molecule has 0 amide bonds. The van der Waals surface area contributed by atoms with Gasteiger partial charge in [0.1, 0.15) is 0 Å². The van der Waals surface area contributed by atoms with Gasteiger partial charge in [0.05, 0.1) is 0 Å². The molecule has 0 fully saturated rings. The molecule has 0 aromatic heterocycles. The molecule has 0 unspecified atom stereocenters. The average molecular weight is 1010 g/mol. The third-order valence-corrected chi connectivity index (χ3v) is 13.0. The number of carboxylic acids is 3. The maximum atomic E-state index is 10.2. The Morgan fingerprint density at radius 2 is 0.358 bits per heavy atom. The van der Waals surface area contributed by atoms with Crippen LogP contribution in [0.15, 0.2) is 0 Å². The quantitative estimate of drug-likeness (QED) is 0.0442. The Morgan fingerprint density at radius 3 is 0.463 bits per heavy atom. The van der Waals surface area contributed by atoms with Crippen molar-refractivity contribution in [3.8, 4) is 0 Å². The summed E-state index contributed by atoms with van der Waals surface area (Å²) < 4.78 is 0. The number of carbonyl (C=O) groups excluding carboxylic acids is 3. The second-order valence-electron chi connectivity index (χ2n) is 19.6. The third kappa shape index (κ3) is 92.0. The molecule has 0 aliphatic carbocycles. The van der Waals surface area contributed by atoms with Gasteiger partial charge in [-0.25, -0.2) is 0 Å². The number of halogens is 1. The van der Waals surface area contributed by atoms with Crippen molar-refractivity contribution in [3.63, 3.8) is 0 Å². The van der Waals surface area contributed by atoms with Crippen molar-refractivity contribution in [1.82, 2.24) is 0 Å². The van der Waals surface area contributed by atoms with E-state index in [-0.39, 0.29) is 36.6 Å². The van der Waals surface area contributed by atoms with Crippen LogP contribution in [-0.4, -0.2) is 23.8 Å². The summed E-state index contributed by atoms with van der Waals surface area (Å²) in [5.41, 5.74) is 0. The molecule has 67 heavy (non-hydrogen) atoms. The van der Waals surface area contributed by atoms with E-state index in [1.165, 1.54) is 270 Å². The van der Waals surface area contributed by atoms with Crippen molar-refractivity contribution in [2.45, 2.75) is 355 Å². The fraction of sp³-hybridized carbons (Fsp3) is 0.949. The third-order valence-electron chi connectivity index (χ3n) is 12.7. The fourth-order valence-corrected chi connectivity index (χ4v) is 8.46. The zero-order valence-corrected chi connectivity index (χ0v) is 47.5. The van der Waals surface area contributed by atoms with Crippen LogP contribution in [0.25, 0.3) is 0 Å². The summed E-state index contributed by atoms with van der Waals surface area (Å²) in [6, 6.07) is 0. The topological polar surface area (TPSA) is 120 Å². The van der Waals surface area contributed by atoms with E-state index in [0.717, 1.165) is 44.4 Å². The molecule has 0 saturated carbocycles. The van der Waals surface area contributed by atoms with Gasteiger partial charge in [0.25, 0.3) is 0 Å². The Bertz CT molecular complexity index is 781. The van der Waals surface area contributed by atoms with Crippen LogP contribution in [0.4, 0.5) is 0 Å². The van der Waals surface area contributed by atoms with Crippen molar-refractivity contribution in [3.05, 3.63) is 0 Å². The predicted octanol–water partition coefficient (Wildman–Crippen LogP) is 17.4. The van der Waals surface area contributed by atoms with Crippen molar-refractivity contribution < 1.29 is 47.1 Å². The summed E-state index contributed by atoms with van der Waals surface area (Å²) in [7, 11) is 0. The maximum absolute atomic E-state index is 10.2. The van der Waals surface area contributed by atoms with Crippen molar-refractivity contribution in [1.29, 1.82) is 0 Å². The van der Waals surface area contributed by atoms with Crippen LogP contribution in [0.1, 0.15) is 355 Å². The summed E-state index contributed by atoms with van der Waals surface area (Å²) in [4.78, 5) is 30.7. The molecule has 0 atom stereocenters. The number of alkyl halides is 1. The Hall–Kier alpha value is -0.768. The number of unbranched alkanes of at least 4 members (excludes halogenated alkanes) is 44. The molecule has 0 N–H and O–H groups in total. The monoisotopic (exact) mass is 1010 g/mol. The summed E-state index contributed by atoms with van der Waals surface area (Å²) in [6.07, 6.45) is 63.3. The Labute approximate surface area is 435 Å². The van der Waals surface area contributed by atoms with E-state index in [0.29, 0.717) is 0 Å². The summed E-state index contributed by atoms with van der Waals surface area (Å²) in [6.45, 7) is 8.97. The van der Waals surface area contributed by atoms with E-state index in [9.17, 15) is 29.7 Å². The number of hydrogen-bond acceptors (Lipinski definition) is 6. The molecule has 0 saturated heterocycles. The minimum absolute atomic E-state index is 0. The zero-order chi connectivity index (χ0) is 49.5. The van der Waals surface area contributed by atoms with Gasteiger partial charge in [0, 0.05) is 23.8 Å². The summed E-state index contributed by atoms with van der Waals surface area (Å²) >= 11 is 5.38. The van der Waals surface area contributed by atoms with Gasteiger partial charge in [-0.1, -0.05) is 310 Å². The molecular formula is C59H116ClCrO6. The second kappa shape index (κ2) is 74.2. The summed E-state index contributed by atoms with van der Waals surface area (Å²) in [5.74, 6) is -1.88. The molecule has 0 rings (SSSR count). The first-order valence-corrected chi connectivity index (χ1v) is 29.9. The first kappa shape index (κ1) is 75.2. The molecule has 0 aromatic rings. The standard InChI is InChI=1S/3C18H36O2.C5H11Cl.Cr/c3*1-2-3-4-5-6-7-8-9-10-11-12-13-14-15-16-17-18(19)20;1-2-3-4-5-6;/h3*2-17H2,1H3,(H,19,20);2-5H2,1H3;/q;;;;+3/p-3. The van der Waals surface area contributed by atoms with Crippen LogP contribution in [-0.2, 0) is 31.7 Å². The first-order chi connectivity index (χ1) is 32.2. The minimum Gasteiger partial charge on any atom is -0.550 e. The van der Waals surface area contributed by atoms with Crippen LogP contribution < -0.4 is 15.3 Å². The van der Waals surface area contributed by atoms with Crippen LogP contribution in [0, 0.1) is 0 Å². The van der Waals surface area contributed by atoms with E-state index in [2.05, 4.69) is 27.7 Å². The normalized spacial score (nSPS) is 10.5. The second-order valence-corrected chi connectivity index (χ2v) is 20.0. The number of aliphatic carboxylic acids is 3. The molecule has 0 spiro atoms. The van der Waals surface area contributed by atoms with E-state index in [1.807, 2.05) is 0 Å². The smallest absolute Gasteiger partial charge is 0.550 e. The molecule has 0 heterocycles. The molecular weight excluding hydrogens is 892 g/mol. The van der Waals surface area contributed by atoms with Crippen LogP contribution in [0.2, 0.25) is 0 Å². The Morgan fingerprint density at radius 1 is 0.239 bits per heavy atom. The molecule has 6 nitrogen and oxygen atoms in total. The first-order valence-electron chi connectivity index (χ1n) is 29.4. The van der Waals surface area contributed by atoms with Gasteiger partial charge < -0.3 is 29.7 Å². The summed E-state index contributed by atoms with van der Waals surface area (Å²) in [5, 5.41) is 30.7. The SMILES string of the molecule is CCCCCCCCCCCCCCCCCC(=O)[O-].CCCCCCCCCCCCCCCCCC(=O)[O-].CCCCCCCCCCCCCCCCCC(=O)[O-].CCCCCCl.[Cr+3]. The van der Waals surface area contributed by atoms with Gasteiger partial charge in [-0.05, 0) is 44.9 Å². The number of rotatable bonds is 51. The molecule has 1 radical (unpaired) electrons. The molecule has 0 bridgehead atoms. The van der Waals surface area contributed by atoms with Crippen LogP contribution >= 0.6 is 11.6 Å². The number of carboxylic acid groups (broad SMARTS) is 3. The largest absolute Gasteiger partial charge is 3.00 e. The minimum atomic E-state index is -0.903. The number of carbonyl (C=O) groups is 3. The van der Waals surface area contributed by atoms with E-state index >= 15 is 0 Å². The molecule has 401 valence electrons. The van der Waals surface area contributed by atoms with Crippen molar-refractivity contribution in [2.24, 2.45) is 0 Å². The zero-order valence-electron chi connectivity index (χ0n) is 45.5. The Kier molecular flexibility index (Phi) is 83.2.